The van der Waals surface area contributed by atoms with Crippen molar-refractivity contribution < 1.29 is 0 Å². The Hall–Kier alpha value is -2.26. The van der Waals surface area contributed by atoms with E-state index < -0.39 is 0 Å². The van der Waals surface area contributed by atoms with E-state index in [9.17, 15) is 0 Å². The van der Waals surface area contributed by atoms with Crippen LogP contribution in [0.15, 0.2) is 48.5 Å². The quantitative estimate of drug-likeness (QED) is 0.570. The molecule has 0 aliphatic rings. The van der Waals surface area contributed by atoms with Crippen LogP contribution < -0.4 is 17.2 Å². The van der Waals surface area contributed by atoms with Crippen LogP contribution in [0, 0.1) is 0 Å². The molecule has 0 heterocycles. The van der Waals surface area contributed by atoms with E-state index in [4.69, 9.17) is 17.2 Å². The van der Waals surface area contributed by atoms with E-state index >= 15 is 0 Å². The maximum Gasteiger partial charge on any atom is 0.0314 e. The zero-order valence-electron chi connectivity index (χ0n) is 11.2. The minimum atomic E-state index is 0.750. The maximum atomic E-state index is 5.61. The molecule has 0 saturated carbocycles. The van der Waals surface area contributed by atoms with Gasteiger partial charge in [0.1, 0.15) is 0 Å². The van der Waals surface area contributed by atoms with Crippen molar-refractivity contribution in [3.63, 3.8) is 0 Å². The molecule has 0 aliphatic carbocycles. The highest BCUT2D eigenvalue weighted by molar-refractivity contribution is 5.70. The summed E-state index contributed by atoms with van der Waals surface area (Å²) in [6.07, 6.45) is 4.09. The molecule has 0 amide bonds. The molecule has 0 fully saturated rings. The van der Waals surface area contributed by atoms with Gasteiger partial charge < -0.3 is 17.2 Å². The normalized spacial score (nSPS) is 10.0. The van der Waals surface area contributed by atoms with Crippen LogP contribution in [0.3, 0.4) is 0 Å². The molecule has 2 rings (SSSR count). The van der Waals surface area contributed by atoms with E-state index in [0.717, 1.165) is 29.0 Å². The molecular formula is C16H21N3. The van der Waals surface area contributed by atoms with Crippen molar-refractivity contribution in [3.05, 3.63) is 59.7 Å². The second-order valence-electron chi connectivity index (χ2n) is 4.07. The molecule has 2 aromatic rings. The maximum absolute atomic E-state index is 5.61. The van der Waals surface area contributed by atoms with Gasteiger partial charge >= 0.3 is 0 Å². The van der Waals surface area contributed by atoms with Crippen LogP contribution >= 0.6 is 0 Å². The van der Waals surface area contributed by atoms with Crippen LogP contribution in [0.2, 0.25) is 0 Å². The molecule has 2 aromatic carbocycles. The van der Waals surface area contributed by atoms with Crippen molar-refractivity contribution in [1.82, 2.24) is 0 Å². The predicted molar refractivity (Wildman–Crippen MR) is 85.4 cm³/mol. The largest absolute Gasteiger partial charge is 0.399 e. The number of rotatable bonds is 2. The van der Waals surface area contributed by atoms with E-state index in [1.165, 1.54) is 0 Å². The molecule has 0 atom stereocenters. The van der Waals surface area contributed by atoms with Crippen molar-refractivity contribution in [1.29, 1.82) is 0 Å². The molecule has 0 radical (unpaired) electrons. The Balaban J connectivity index is 0.000000550. The Morgan fingerprint density at radius 3 is 1.26 bits per heavy atom. The SMILES string of the molecule is CCN.Nc1ccc(/C=C/c2ccc(N)cc2)cc1. The van der Waals surface area contributed by atoms with Crippen molar-refractivity contribution in [2.45, 2.75) is 6.92 Å². The fourth-order valence-corrected chi connectivity index (χ4v) is 1.41. The lowest BCUT2D eigenvalue weighted by Gasteiger charge is -1.96. The summed E-state index contributed by atoms with van der Waals surface area (Å²) in [5.74, 6) is 0. The summed E-state index contributed by atoms with van der Waals surface area (Å²) in [4.78, 5) is 0. The molecule has 0 saturated heterocycles. The third kappa shape index (κ3) is 5.75. The number of hydrogen-bond donors (Lipinski definition) is 3. The van der Waals surface area contributed by atoms with Gasteiger partial charge in [0.2, 0.25) is 0 Å². The van der Waals surface area contributed by atoms with Crippen LogP contribution in [0.5, 0.6) is 0 Å². The highest BCUT2D eigenvalue weighted by Gasteiger charge is 1.89. The Bertz CT molecular complexity index is 451. The summed E-state index contributed by atoms with van der Waals surface area (Å²) in [6, 6.07) is 15.5. The minimum Gasteiger partial charge on any atom is -0.399 e. The molecule has 0 spiro atoms. The standard InChI is InChI=1S/C14H14N2.C2H7N/c15-13-7-3-11(4-8-13)1-2-12-5-9-14(16)10-6-12;1-2-3/h1-10H,15-16H2;2-3H2,1H3/b2-1+;. The first-order valence-corrected chi connectivity index (χ1v) is 6.25. The summed E-state index contributed by atoms with van der Waals surface area (Å²) in [7, 11) is 0. The highest BCUT2D eigenvalue weighted by Crippen LogP contribution is 2.11. The van der Waals surface area contributed by atoms with E-state index in [1.54, 1.807) is 0 Å². The van der Waals surface area contributed by atoms with Gasteiger partial charge in [-0.1, -0.05) is 43.3 Å². The number of nitrogens with two attached hydrogens (primary N) is 3. The van der Waals surface area contributed by atoms with Gasteiger partial charge in [-0.15, -0.1) is 0 Å². The zero-order chi connectivity index (χ0) is 14.1. The van der Waals surface area contributed by atoms with Crippen LogP contribution in [0.1, 0.15) is 18.1 Å². The second-order valence-corrected chi connectivity index (χ2v) is 4.07. The Kier molecular flexibility index (Phi) is 6.19. The molecule has 3 heteroatoms. The monoisotopic (exact) mass is 255 g/mol. The molecule has 0 bridgehead atoms. The molecule has 3 nitrogen and oxygen atoms in total. The molecule has 0 aromatic heterocycles. The van der Waals surface area contributed by atoms with Crippen LogP contribution in [-0.4, -0.2) is 6.54 Å². The van der Waals surface area contributed by atoms with Gasteiger partial charge in [-0.05, 0) is 41.9 Å². The second kappa shape index (κ2) is 7.95. The van der Waals surface area contributed by atoms with Crippen molar-refractivity contribution in [2.24, 2.45) is 5.73 Å². The van der Waals surface area contributed by atoms with Gasteiger partial charge in [0.15, 0.2) is 0 Å². The molecule has 0 unspecified atom stereocenters. The van der Waals surface area contributed by atoms with Crippen LogP contribution in [0.4, 0.5) is 11.4 Å². The lowest BCUT2D eigenvalue weighted by atomic mass is 10.1. The molecular weight excluding hydrogens is 234 g/mol. The van der Waals surface area contributed by atoms with Gasteiger partial charge in [-0.25, -0.2) is 0 Å². The fraction of sp³-hybridized carbons (Fsp3) is 0.125. The third-order valence-electron chi connectivity index (χ3n) is 2.34. The number of anilines is 2. The lowest BCUT2D eigenvalue weighted by Crippen LogP contribution is -1.87. The lowest BCUT2D eigenvalue weighted by molar-refractivity contribution is 1.14. The Morgan fingerprint density at radius 2 is 1.00 bits per heavy atom. The van der Waals surface area contributed by atoms with E-state index in [-0.39, 0.29) is 0 Å². The number of nitrogen functional groups attached to an aromatic ring is 2. The Labute approximate surface area is 114 Å². The van der Waals surface area contributed by atoms with Crippen LogP contribution in [0.25, 0.3) is 12.2 Å². The smallest absolute Gasteiger partial charge is 0.0314 e. The summed E-state index contributed by atoms with van der Waals surface area (Å²) >= 11 is 0. The first-order chi connectivity index (χ1) is 9.15. The van der Waals surface area contributed by atoms with Gasteiger partial charge in [-0.2, -0.15) is 0 Å². The van der Waals surface area contributed by atoms with E-state index in [2.05, 4.69) is 0 Å². The fourth-order valence-electron chi connectivity index (χ4n) is 1.41. The van der Waals surface area contributed by atoms with Crippen molar-refractivity contribution in [2.75, 3.05) is 18.0 Å². The Morgan fingerprint density at radius 1 is 0.737 bits per heavy atom. The van der Waals surface area contributed by atoms with Gasteiger partial charge in [0.05, 0.1) is 0 Å². The summed E-state index contributed by atoms with van der Waals surface area (Å²) in [6.45, 7) is 2.65. The topological polar surface area (TPSA) is 78.1 Å². The molecule has 19 heavy (non-hydrogen) atoms. The zero-order valence-corrected chi connectivity index (χ0v) is 11.2. The first-order valence-electron chi connectivity index (χ1n) is 6.25. The summed E-state index contributed by atoms with van der Waals surface area (Å²) in [5.41, 5.74) is 19.9. The molecule has 0 aliphatic heterocycles. The van der Waals surface area contributed by atoms with Gasteiger partial charge in [0, 0.05) is 11.4 Å². The van der Waals surface area contributed by atoms with Crippen LogP contribution in [-0.2, 0) is 0 Å². The third-order valence-corrected chi connectivity index (χ3v) is 2.34. The number of benzene rings is 2. The summed E-state index contributed by atoms with van der Waals surface area (Å²) in [5, 5.41) is 0. The summed E-state index contributed by atoms with van der Waals surface area (Å²) < 4.78 is 0. The number of hydrogen-bond acceptors (Lipinski definition) is 3. The minimum absolute atomic E-state index is 0.750. The van der Waals surface area contributed by atoms with Gasteiger partial charge in [0.25, 0.3) is 0 Å². The average molecular weight is 255 g/mol. The first kappa shape index (κ1) is 14.8. The highest BCUT2D eigenvalue weighted by atomic mass is 14.5. The van der Waals surface area contributed by atoms with E-state index in [0.29, 0.717) is 0 Å². The molecule has 6 N–H and O–H groups in total. The van der Waals surface area contributed by atoms with Gasteiger partial charge in [-0.3, -0.25) is 0 Å². The van der Waals surface area contributed by atoms with E-state index in [1.807, 2.05) is 67.6 Å². The predicted octanol–water partition coefficient (Wildman–Crippen LogP) is 2.99. The molecule has 100 valence electrons. The van der Waals surface area contributed by atoms with Crippen molar-refractivity contribution in [3.8, 4) is 0 Å². The van der Waals surface area contributed by atoms with Crippen molar-refractivity contribution >= 4 is 23.5 Å². The average Bonchev–Trinajstić information content (AvgIpc) is 2.41.